The van der Waals surface area contributed by atoms with Gasteiger partial charge in [-0.3, -0.25) is 14.3 Å². The number of hydrogen-bond acceptors (Lipinski definition) is 5. The van der Waals surface area contributed by atoms with Crippen molar-refractivity contribution in [3.05, 3.63) is 42.5 Å². The second kappa shape index (κ2) is 7.98. The van der Waals surface area contributed by atoms with Crippen LogP contribution in [0.5, 0.6) is 5.75 Å². The normalized spacial score (nSPS) is 15.6. The van der Waals surface area contributed by atoms with Crippen LogP contribution < -0.4 is 19.7 Å². The van der Waals surface area contributed by atoms with Crippen molar-refractivity contribution in [2.75, 3.05) is 28.6 Å². The van der Waals surface area contributed by atoms with E-state index in [0.29, 0.717) is 29.2 Å². The molecule has 0 saturated carbocycles. The Kier molecular flexibility index (Phi) is 5.76. The molecule has 0 atom stereocenters. The maximum Gasteiger partial charge on any atom is 0.261 e. The minimum absolute atomic E-state index is 0.0498. The van der Waals surface area contributed by atoms with E-state index < -0.39 is 15.4 Å². The molecule has 0 radical (unpaired) electrons. The molecule has 0 fully saturated rings. The Morgan fingerprint density at radius 1 is 1.13 bits per heavy atom. The van der Waals surface area contributed by atoms with Crippen molar-refractivity contribution in [2.45, 2.75) is 32.1 Å². The first-order valence-corrected chi connectivity index (χ1v) is 11.0. The van der Waals surface area contributed by atoms with E-state index >= 15 is 0 Å². The lowest BCUT2D eigenvalue weighted by molar-refractivity contribution is -0.127. The van der Waals surface area contributed by atoms with E-state index in [1.165, 1.54) is 29.2 Å². The summed E-state index contributed by atoms with van der Waals surface area (Å²) in [6, 6.07) is 10.7. The maximum atomic E-state index is 12.8. The van der Waals surface area contributed by atoms with Crippen LogP contribution in [0.1, 0.15) is 27.2 Å². The smallest absolute Gasteiger partial charge is 0.261 e. The largest absolute Gasteiger partial charge is 0.490 e. The minimum Gasteiger partial charge on any atom is -0.490 e. The fourth-order valence-corrected chi connectivity index (χ4v) is 4.08. The molecule has 8 nitrogen and oxygen atoms in total. The Labute approximate surface area is 176 Å². The van der Waals surface area contributed by atoms with Crippen LogP contribution in [0.4, 0.5) is 17.1 Å². The van der Waals surface area contributed by atoms with Crippen molar-refractivity contribution < 1.29 is 22.7 Å². The summed E-state index contributed by atoms with van der Waals surface area (Å²) in [6.45, 7) is 5.56. The van der Waals surface area contributed by atoms with Crippen molar-refractivity contribution in [3.63, 3.8) is 0 Å². The molecule has 1 aliphatic heterocycles. The van der Waals surface area contributed by atoms with Crippen LogP contribution in [0.25, 0.3) is 0 Å². The molecule has 160 valence electrons. The summed E-state index contributed by atoms with van der Waals surface area (Å²) >= 11 is 0. The molecule has 30 heavy (non-hydrogen) atoms. The number of anilines is 3. The van der Waals surface area contributed by atoms with Crippen LogP contribution in [0.2, 0.25) is 0 Å². The minimum atomic E-state index is -3.86. The zero-order chi connectivity index (χ0) is 22.1. The molecule has 0 aromatic heterocycles. The third-order valence-electron chi connectivity index (χ3n) is 4.81. The zero-order valence-electron chi connectivity index (χ0n) is 17.4. The standard InChI is InChI=1S/C21H25N3O5S/c1-5-19(25)22-14-6-9-16(10-7-14)30(27,28)23-15-8-11-18-17(12-15)24(4)20(26)21(2,3)13-29-18/h6-12,23H,5,13H2,1-4H3,(H,22,25). The number of ether oxygens (including phenoxy) is 1. The average molecular weight is 432 g/mol. The van der Waals surface area contributed by atoms with E-state index in [0.717, 1.165) is 0 Å². The first kappa shape index (κ1) is 21.6. The molecule has 0 aliphatic carbocycles. The third-order valence-corrected chi connectivity index (χ3v) is 6.21. The van der Waals surface area contributed by atoms with Crippen molar-refractivity contribution in [1.82, 2.24) is 0 Å². The second-order valence-corrected chi connectivity index (χ2v) is 9.43. The van der Waals surface area contributed by atoms with Gasteiger partial charge < -0.3 is 15.0 Å². The van der Waals surface area contributed by atoms with E-state index in [9.17, 15) is 18.0 Å². The monoisotopic (exact) mass is 431 g/mol. The highest BCUT2D eigenvalue weighted by molar-refractivity contribution is 7.92. The summed E-state index contributed by atoms with van der Waals surface area (Å²) in [7, 11) is -2.22. The van der Waals surface area contributed by atoms with E-state index in [4.69, 9.17) is 4.74 Å². The van der Waals surface area contributed by atoms with Gasteiger partial charge >= 0.3 is 0 Å². The molecule has 1 heterocycles. The molecule has 2 N–H and O–H groups in total. The third kappa shape index (κ3) is 4.40. The molecule has 0 spiro atoms. The molecule has 2 aromatic rings. The Bertz CT molecular complexity index is 1080. The number of nitrogens with one attached hydrogen (secondary N) is 2. The summed E-state index contributed by atoms with van der Waals surface area (Å²) in [6.07, 6.45) is 0.331. The number of sulfonamides is 1. The van der Waals surface area contributed by atoms with Gasteiger partial charge in [-0.1, -0.05) is 6.92 Å². The van der Waals surface area contributed by atoms with Gasteiger partial charge in [-0.15, -0.1) is 0 Å². The fourth-order valence-electron chi connectivity index (χ4n) is 3.03. The molecule has 1 aliphatic rings. The topological polar surface area (TPSA) is 105 Å². The molecule has 2 aromatic carbocycles. The first-order valence-electron chi connectivity index (χ1n) is 9.51. The Balaban J connectivity index is 1.84. The van der Waals surface area contributed by atoms with E-state index in [-0.39, 0.29) is 23.3 Å². The summed E-state index contributed by atoms with van der Waals surface area (Å²) in [5, 5.41) is 2.67. The van der Waals surface area contributed by atoms with Gasteiger partial charge in [0.2, 0.25) is 11.8 Å². The number of carbonyl (C=O) groups excluding carboxylic acids is 2. The number of amides is 2. The number of rotatable bonds is 5. The predicted molar refractivity (Wildman–Crippen MR) is 115 cm³/mol. The fraction of sp³-hybridized carbons (Fsp3) is 0.333. The lowest BCUT2D eigenvalue weighted by Crippen LogP contribution is -2.39. The van der Waals surface area contributed by atoms with Gasteiger partial charge in [0.15, 0.2) is 0 Å². The summed E-state index contributed by atoms with van der Waals surface area (Å²) in [5.41, 5.74) is 0.622. The number of carbonyl (C=O) groups is 2. The number of nitrogens with zero attached hydrogens (tertiary/aromatic N) is 1. The van der Waals surface area contributed by atoms with Gasteiger partial charge in [0.05, 0.1) is 21.7 Å². The molecule has 3 rings (SSSR count). The highest BCUT2D eigenvalue weighted by atomic mass is 32.2. The number of benzene rings is 2. The van der Waals surface area contributed by atoms with Crippen LogP contribution in [0.3, 0.4) is 0 Å². The van der Waals surface area contributed by atoms with Crippen molar-refractivity contribution in [3.8, 4) is 5.75 Å². The first-order chi connectivity index (χ1) is 14.0. The van der Waals surface area contributed by atoms with Gasteiger partial charge in [-0.05, 0) is 56.3 Å². The van der Waals surface area contributed by atoms with Gasteiger partial charge in [0.25, 0.3) is 10.0 Å². The molecule has 9 heteroatoms. The van der Waals surface area contributed by atoms with Crippen LogP contribution in [-0.4, -0.2) is 33.9 Å². The molecule has 0 bridgehead atoms. The Hall–Kier alpha value is -3.07. The number of fused-ring (bicyclic) bond motifs is 1. The summed E-state index contributed by atoms with van der Waals surface area (Å²) in [5.74, 6) is 0.235. The van der Waals surface area contributed by atoms with Gasteiger partial charge in [-0.2, -0.15) is 0 Å². The summed E-state index contributed by atoms with van der Waals surface area (Å²) in [4.78, 5) is 25.6. The maximum absolute atomic E-state index is 12.8. The van der Waals surface area contributed by atoms with Gasteiger partial charge in [-0.25, -0.2) is 8.42 Å². The van der Waals surface area contributed by atoms with E-state index in [1.54, 1.807) is 46.0 Å². The Morgan fingerprint density at radius 2 is 1.77 bits per heavy atom. The highest BCUT2D eigenvalue weighted by Crippen LogP contribution is 2.37. The molecule has 0 saturated heterocycles. The van der Waals surface area contributed by atoms with Crippen LogP contribution in [0.15, 0.2) is 47.4 Å². The quantitative estimate of drug-likeness (QED) is 0.756. The highest BCUT2D eigenvalue weighted by Gasteiger charge is 2.36. The van der Waals surface area contributed by atoms with Gasteiger partial charge in [0.1, 0.15) is 12.4 Å². The van der Waals surface area contributed by atoms with Crippen molar-refractivity contribution in [1.29, 1.82) is 0 Å². The average Bonchev–Trinajstić information content (AvgIpc) is 2.78. The number of hydrogen-bond donors (Lipinski definition) is 2. The molecular weight excluding hydrogens is 406 g/mol. The lowest BCUT2D eigenvalue weighted by atomic mass is 9.93. The molecule has 0 unspecified atom stereocenters. The molecular formula is C21H25N3O5S. The van der Waals surface area contributed by atoms with Crippen LogP contribution >= 0.6 is 0 Å². The van der Waals surface area contributed by atoms with Gasteiger partial charge in [0, 0.05) is 19.2 Å². The van der Waals surface area contributed by atoms with Crippen molar-refractivity contribution in [2.24, 2.45) is 5.41 Å². The summed E-state index contributed by atoms with van der Waals surface area (Å²) < 4.78 is 33.8. The predicted octanol–water partition coefficient (Wildman–Crippen LogP) is 3.22. The van der Waals surface area contributed by atoms with E-state index in [1.807, 2.05) is 0 Å². The zero-order valence-corrected chi connectivity index (χ0v) is 18.2. The second-order valence-electron chi connectivity index (χ2n) is 7.75. The van der Waals surface area contributed by atoms with Crippen LogP contribution in [-0.2, 0) is 19.6 Å². The lowest BCUT2D eigenvalue weighted by Gasteiger charge is -2.24. The Morgan fingerprint density at radius 3 is 2.40 bits per heavy atom. The van der Waals surface area contributed by atoms with Crippen molar-refractivity contribution >= 4 is 38.9 Å². The molecule has 2 amide bonds. The SMILES string of the molecule is CCC(=O)Nc1ccc(S(=O)(=O)Nc2ccc3c(c2)N(C)C(=O)C(C)(C)CO3)cc1. The van der Waals surface area contributed by atoms with E-state index in [2.05, 4.69) is 10.0 Å². The van der Waals surface area contributed by atoms with Crippen LogP contribution in [0, 0.1) is 5.41 Å².